The summed E-state index contributed by atoms with van der Waals surface area (Å²) in [7, 11) is 0. The van der Waals surface area contributed by atoms with Gasteiger partial charge in [0.25, 0.3) is 5.91 Å². The molecular formula is C25H18F3NO2. The molecule has 1 aliphatic carbocycles. The van der Waals surface area contributed by atoms with Gasteiger partial charge in [-0.15, -0.1) is 0 Å². The van der Waals surface area contributed by atoms with E-state index < -0.39 is 35.2 Å². The molecule has 0 fully saturated rings. The van der Waals surface area contributed by atoms with Gasteiger partial charge in [0.05, 0.1) is 11.8 Å². The zero-order valence-corrected chi connectivity index (χ0v) is 16.5. The number of hydrogen-bond donors (Lipinski definition) is 1. The second-order valence-corrected chi connectivity index (χ2v) is 8.12. The number of rotatable bonds is 2. The van der Waals surface area contributed by atoms with Gasteiger partial charge in [0.15, 0.2) is 5.78 Å². The summed E-state index contributed by atoms with van der Waals surface area (Å²) in [5.74, 6) is -4.71. The van der Waals surface area contributed by atoms with Gasteiger partial charge in [0.2, 0.25) is 0 Å². The molecule has 6 heteroatoms. The average molecular weight is 421 g/mol. The van der Waals surface area contributed by atoms with Crippen LogP contribution < -0.4 is 5.32 Å². The van der Waals surface area contributed by atoms with Crippen LogP contribution in [-0.4, -0.2) is 17.9 Å². The lowest BCUT2D eigenvalue weighted by molar-refractivity contribution is -0.159. The van der Waals surface area contributed by atoms with E-state index in [1.807, 2.05) is 6.92 Å². The molecule has 5 rings (SSSR count). The second-order valence-electron chi connectivity index (χ2n) is 8.12. The van der Waals surface area contributed by atoms with Crippen LogP contribution in [0, 0.1) is 12.8 Å². The lowest BCUT2D eigenvalue weighted by Gasteiger charge is -2.35. The number of benzene rings is 3. The molecule has 0 bridgehead atoms. The molecule has 3 aromatic rings. The summed E-state index contributed by atoms with van der Waals surface area (Å²) in [5, 5.41) is 2.81. The Morgan fingerprint density at radius 2 is 1.52 bits per heavy atom. The summed E-state index contributed by atoms with van der Waals surface area (Å²) in [6.07, 6.45) is -4.67. The van der Waals surface area contributed by atoms with Crippen molar-refractivity contribution in [1.82, 2.24) is 5.32 Å². The minimum Gasteiger partial charge on any atom is -0.338 e. The number of nitrogens with one attached hydrogen (secondary N) is 1. The quantitative estimate of drug-likeness (QED) is 0.583. The molecule has 0 saturated heterocycles. The van der Waals surface area contributed by atoms with Crippen molar-refractivity contribution in [3.8, 4) is 0 Å². The zero-order valence-electron chi connectivity index (χ0n) is 16.5. The van der Waals surface area contributed by atoms with Crippen LogP contribution in [0.2, 0.25) is 0 Å². The van der Waals surface area contributed by atoms with Gasteiger partial charge in [0, 0.05) is 11.1 Å². The minimum absolute atomic E-state index is 0.0254. The lowest BCUT2D eigenvalue weighted by atomic mass is 9.72. The van der Waals surface area contributed by atoms with Crippen molar-refractivity contribution in [2.75, 3.05) is 0 Å². The van der Waals surface area contributed by atoms with Crippen LogP contribution in [0.1, 0.15) is 48.9 Å². The number of carbonyl (C=O) groups is 2. The van der Waals surface area contributed by atoms with Crippen LogP contribution in [0.5, 0.6) is 0 Å². The van der Waals surface area contributed by atoms with E-state index >= 15 is 0 Å². The van der Waals surface area contributed by atoms with Crippen molar-refractivity contribution < 1.29 is 22.8 Å². The highest BCUT2D eigenvalue weighted by Gasteiger charge is 2.66. The number of aryl methyl sites for hydroxylation is 1. The SMILES string of the molecule is Cc1ccc(C(=O)[C@H]2[C@H](C(F)(F)F)c3ccccc3[C@@]23NC(=O)c2ccccc23)cc1. The third kappa shape index (κ3) is 2.67. The Kier molecular flexibility index (Phi) is 4.13. The third-order valence-electron chi connectivity index (χ3n) is 6.40. The summed E-state index contributed by atoms with van der Waals surface area (Å²) < 4.78 is 43.4. The molecule has 0 radical (unpaired) electrons. The van der Waals surface area contributed by atoms with E-state index in [-0.39, 0.29) is 11.1 Å². The summed E-state index contributed by atoms with van der Waals surface area (Å²) >= 11 is 0. The maximum absolute atomic E-state index is 14.5. The number of fused-ring (bicyclic) bond motifs is 4. The molecule has 3 nitrogen and oxygen atoms in total. The Bertz CT molecular complexity index is 1220. The molecule has 0 saturated carbocycles. The van der Waals surface area contributed by atoms with E-state index in [1.54, 1.807) is 60.7 Å². The van der Waals surface area contributed by atoms with Gasteiger partial charge in [-0.3, -0.25) is 9.59 Å². The van der Waals surface area contributed by atoms with Crippen LogP contribution in [-0.2, 0) is 5.54 Å². The Labute approximate surface area is 176 Å². The Morgan fingerprint density at radius 1 is 0.903 bits per heavy atom. The number of amides is 1. The molecule has 2 aliphatic rings. The molecule has 31 heavy (non-hydrogen) atoms. The fraction of sp³-hybridized carbons (Fsp3) is 0.200. The summed E-state index contributed by atoms with van der Waals surface area (Å²) in [6.45, 7) is 1.84. The summed E-state index contributed by atoms with van der Waals surface area (Å²) in [5.41, 5.74) is 0.556. The van der Waals surface area contributed by atoms with Gasteiger partial charge < -0.3 is 5.32 Å². The van der Waals surface area contributed by atoms with Crippen molar-refractivity contribution >= 4 is 11.7 Å². The normalized spacial score (nSPS) is 24.1. The van der Waals surface area contributed by atoms with Gasteiger partial charge in [-0.1, -0.05) is 72.3 Å². The van der Waals surface area contributed by atoms with Crippen molar-refractivity contribution in [2.24, 2.45) is 5.92 Å². The monoisotopic (exact) mass is 421 g/mol. The molecular weight excluding hydrogens is 403 g/mol. The highest BCUT2D eigenvalue weighted by atomic mass is 19.4. The Hall–Kier alpha value is -3.41. The number of carbonyl (C=O) groups excluding carboxylic acids is 2. The van der Waals surface area contributed by atoms with Crippen LogP contribution in [0.3, 0.4) is 0 Å². The van der Waals surface area contributed by atoms with Gasteiger partial charge in [-0.2, -0.15) is 13.2 Å². The third-order valence-corrected chi connectivity index (χ3v) is 6.40. The first-order valence-corrected chi connectivity index (χ1v) is 9.94. The van der Waals surface area contributed by atoms with E-state index in [1.165, 1.54) is 12.1 Å². The number of Topliss-reactive ketones (excluding diaryl/α,β-unsaturated/α-hetero) is 1. The van der Waals surface area contributed by atoms with E-state index in [0.29, 0.717) is 16.7 Å². The molecule has 1 spiro atoms. The van der Waals surface area contributed by atoms with Crippen molar-refractivity contribution in [3.63, 3.8) is 0 Å². The predicted octanol–water partition coefficient (Wildman–Crippen LogP) is 5.14. The molecule has 0 unspecified atom stereocenters. The van der Waals surface area contributed by atoms with Crippen molar-refractivity contribution in [2.45, 2.75) is 24.6 Å². The van der Waals surface area contributed by atoms with Gasteiger partial charge >= 0.3 is 6.18 Å². The number of hydrogen-bond acceptors (Lipinski definition) is 2. The number of halogens is 3. The maximum atomic E-state index is 14.5. The first-order valence-electron chi connectivity index (χ1n) is 9.94. The number of ketones is 1. The standard InChI is InChI=1S/C25H18F3NO2/c1-14-10-12-15(13-11-14)22(30)21-20(25(26,27)28)16-6-2-4-8-18(16)24(21)19-9-5-3-7-17(19)23(31)29-24/h2-13,20-21H,1H3,(H,29,31)/t20-,21-,24+/m1/s1. The van der Waals surface area contributed by atoms with E-state index in [9.17, 15) is 22.8 Å². The predicted molar refractivity (Wildman–Crippen MR) is 109 cm³/mol. The van der Waals surface area contributed by atoms with Crippen molar-refractivity contribution in [1.29, 1.82) is 0 Å². The zero-order chi connectivity index (χ0) is 22.0. The van der Waals surface area contributed by atoms with Gasteiger partial charge in [-0.25, -0.2) is 0 Å². The second kappa shape index (κ2) is 6.54. The summed E-state index contributed by atoms with van der Waals surface area (Å²) in [6, 6.07) is 19.2. The lowest BCUT2D eigenvalue weighted by Crippen LogP contribution is -2.49. The Morgan fingerprint density at radius 3 is 2.19 bits per heavy atom. The van der Waals surface area contributed by atoms with Gasteiger partial charge in [0.1, 0.15) is 5.54 Å². The molecule has 1 heterocycles. The first kappa shape index (κ1) is 19.5. The molecule has 156 valence electrons. The number of alkyl halides is 3. The van der Waals surface area contributed by atoms with E-state index in [2.05, 4.69) is 5.32 Å². The van der Waals surface area contributed by atoms with E-state index in [4.69, 9.17) is 0 Å². The topological polar surface area (TPSA) is 46.2 Å². The first-order chi connectivity index (χ1) is 14.7. The molecule has 1 amide bonds. The maximum Gasteiger partial charge on any atom is 0.396 e. The van der Waals surface area contributed by atoms with E-state index in [0.717, 1.165) is 5.56 Å². The highest BCUT2D eigenvalue weighted by Crippen LogP contribution is 2.60. The fourth-order valence-corrected chi connectivity index (χ4v) is 5.13. The Balaban J connectivity index is 1.82. The molecule has 3 atom stereocenters. The largest absolute Gasteiger partial charge is 0.396 e. The van der Waals surface area contributed by atoms with Crippen LogP contribution in [0.15, 0.2) is 72.8 Å². The average Bonchev–Trinajstić information content (AvgIpc) is 3.21. The smallest absolute Gasteiger partial charge is 0.338 e. The molecule has 3 aromatic carbocycles. The minimum atomic E-state index is -4.67. The fourth-order valence-electron chi connectivity index (χ4n) is 5.13. The van der Waals surface area contributed by atoms with Crippen LogP contribution >= 0.6 is 0 Å². The highest BCUT2D eigenvalue weighted by molar-refractivity contribution is 6.06. The van der Waals surface area contributed by atoms with Crippen molar-refractivity contribution in [3.05, 3.63) is 106 Å². The summed E-state index contributed by atoms with van der Waals surface area (Å²) in [4.78, 5) is 26.5. The molecule has 1 N–H and O–H groups in total. The molecule has 1 aliphatic heterocycles. The van der Waals surface area contributed by atoms with Crippen LogP contribution in [0.25, 0.3) is 0 Å². The van der Waals surface area contributed by atoms with Gasteiger partial charge in [-0.05, 0) is 29.7 Å². The molecule has 0 aromatic heterocycles. The van der Waals surface area contributed by atoms with Crippen LogP contribution in [0.4, 0.5) is 13.2 Å².